The predicted octanol–water partition coefficient (Wildman–Crippen LogP) is 1.36. The number of allylic oxidation sites excluding steroid dienone is 1. The minimum atomic E-state index is -0.919. The Labute approximate surface area is 95.9 Å². The van der Waals surface area contributed by atoms with Gasteiger partial charge < -0.3 is 15.7 Å². The standard InChI is InChI=1S/C11H20N2O3/c1-7(2)5-6-12-11(16)13-9(4)8(3)10(14)15/h5,8-9H,6H2,1-4H3,(H,14,15)(H2,12,13,16). The van der Waals surface area contributed by atoms with Gasteiger partial charge in [0.15, 0.2) is 0 Å². The number of rotatable bonds is 5. The van der Waals surface area contributed by atoms with Gasteiger partial charge in [-0.25, -0.2) is 4.79 Å². The van der Waals surface area contributed by atoms with Crippen molar-refractivity contribution in [2.45, 2.75) is 33.7 Å². The largest absolute Gasteiger partial charge is 0.481 e. The number of hydrogen-bond acceptors (Lipinski definition) is 2. The van der Waals surface area contributed by atoms with Gasteiger partial charge in [0.25, 0.3) is 0 Å². The summed E-state index contributed by atoms with van der Waals surface area (Å²) in [6.45, 7) is 7.55. The minimum Gasteiger partial charge on any atom is -0.481 e. The number of carboxylic acid groups (broad SMARTS) is 1. The average molecular weight is 228 g/mol. The second-order valence-corrected chi connectivity index (χ2v) is 4.05. The molecule has 0 aliphatic heterocycles. The molecule has 0 aromatic heterocycles. The van der Waals surface area contributed by atoms with Gasteiger partial charge in [-0.15, -0.1) is 0 Å². The van der Waals surface area contributed by atoms with Crippen molar-refractivity contribution >= 4 is 12.0 Å². The zero-order valence-corrected chi connectivity index (χ0v) is 10.2. The first-order valence-corrected chi connectivity index (χ1v) is 5.25. The topological polar surface area (TPSA) is 78.4 Å². The fourth-order valence-electron chi connectivity index (χ4n) is 0.945. The summed E-state index contributed by atoms with van der Waals surface area (Å²) in [6, 6.07) is -0.748. The summed E-state index contributed by atoms with van der Waals surface area (Å²) in [5, 5.41) is 13.9. The first-order chi connectivity index (χ1) is 7.34. The van der Waals surface area contributed by atoms with E-state index in [9.17, 15) is 9.59 Å². The Morgan fingerprint density at radius 1 is 1.31 bits per heavy atom. The lowest BCUT2D eigenvalue weighted by atomic mass is 10.0. The Morgan fingerprint density at radius 2 is 1.88 bits per heavy atom. The highest BCUT2D eigenvalue weighted by molar-refractivity contribution is 5.76. The molecule has 92 valence electrons. The van der Waals surface area contributed by atoms with E-state index in [1.807, 2.05) is 19.9 Å². The summed E-state index contributed by atoms with van der Waals surface area (Å²) in [5.41, 5.74) is 1.12. The monoisotopic (exact) mass is 228 g/mol. The molecule has 3 N–H and O–H groups in total. The molecule has 16 heavy (non-hydrogen) atoms. The van der Waals surface area contributed by atoms with Crippen LogP contribution in [0.15, 0.2) is 11.6 Å². The van der Waals surface area contributed by atoms with Gasteiger partial charge in [0.1, 0.15) is 0 Å². The van der Waals surface area contributed by atoms with Gasteiger partial charge >= 0.3 is 12.0 Å². The molecule has 5 heteroatoms. The van der Waals surface area contributed by atoms with E-state index in [4.69, 9.17) is 5.11 Å². The molecule has 0 aromatic carbocycles. The normalized spacial score (nSPS) is 13.5. The predicted molar refractivity (Wildman–Crippen MR) is 62.2 cm³/mol. The molecular weight excluding hydrogens is 208 g/mol. The fraction of sp³-hybridized carbons (Fsp3) is 0.636. The summed E-state index contributed by atoms with van der Waals surface area (Å²) in [5.74, 6) is -1.52. The van der Waals surface area contributed by atoms with E-state index in [0.717, 1.165) is 5.57 Å². The third-order valence-electron chi connectivity index (χ3n) is 2.27. The molecular formula is C11H20N2O3. The summed E-state index contributed by atoms with van der Waals surface area (Å²) >= 11 is 0. The van der Waals surface area contributed by atoms with E-state index in [1.54, 1.807) is 13.8 Å². The molecule has 2 amide bonds. The molecule has 0 rings (SSSR count). The lowest BCUT2D eigenvalue weighted by Gasteiger charge is -2.17. The second-order valence-electron chi connectivity index (χ2n) is 4.05. The first-order valence-electron chi connectivity index (χ1n) is 5.25. The summed E-state index contributed by atoms with van der Waals surface area (Å²) in [7, 11) is 0. The van der Waals surface area contributed by atoms with Crippen molar-refractivity contribution in [1.82, 2.24) is 10.6 Å². The maximum Gasteiger partial charge on any atom is 0.315 e. The highest BCUT2D eigenvalue weighted by Gasteiger charge is 2.20. The number of hydrogen-bond donors (Lipinski definition) is 3. The molecule has 2 atom stereocenters. The van der Waals surface area contributed by atoms with Gasteiger partial charge in [-0.1, -0.05) is 11.6 Å². The Hall–Kier alpha value is -1.52. The van der Waals surface area contributed by atoms with Crippen molar-refractivity contribution in [2.75, 3.05) is 6.54 Å². The molecule has 0 saturated carbocycles. The Balaban J connectivity index is 3.96. The van der Waals surface area contributed by atoms with Crippen molar-refractivity contribution < 1.29 is 14.7 Å². The highest BCUT2D eigenvalue weighted by atomic mass is 16.4. The average Bonchev–Trinajstić information content (AvgIpc) is 2.15. The number of carbonyl (C=O) groups excluding carboxylic acids is 1. The molecule has 5 nitrogen and oxygen atoms in total. The van der Waals surface area contributed by atoms with Crippen LogP contribution in [0.25, 0.3) is 0 Å². The molecule has 0 aromatic rings. The van der Waals surface area contributed by atoms with Gasteiger partial charge in [-0.05, 0) is 27.7 Å². The summed E-state index contributed by atoms with van der Waals surface area (Å²) in [6.07, 6.45) is 1.88. The number of carboxylic acids is 1. The molecule has 2 unspecified atom stereocenters. The van der Waals surface area contributed by atoms with Crippen LogP contribution in [0.2, 0.25) is 0 Å². The molecule has 0 fully saturated rings. The molecule has 0 aliphatic carbocycles. The van der Waals surface area contributed by atoms with Gasteiger partial charge in [0.2, 0.25) is 0 Å². The van der Waals surface area contributed by atoms with Crippen molar-refractivity contribution in [1.29, 1.82) is 0 Å². The lowest BCUT2D eigenvalue weighted by molar-refractivity contribution is -0.141. The summed E-state index contributed by atoms with van der Waals surface area (Å²) < 4.78 is 0. The number of nitrogens with one attached hydrogen (secondary N) is 2. The van der Waals surface area contributed by atoms with Crippen LogP contribution < -0.4 is 10.6 Å². The highest BCUT2D eigenvalue weighted by Crippen LogP contribution is 2.01. The number of amides is 2. The van der Waals surface area contributed by atoms with Gasteiger partial charge in [0, 0.05) is 12.6 Å². The van der Waals surface area contributed by atoms with Crippen LogP contribution in [0, 0.1) is 5.92 Å². The van der Waals surface area contributed by atoms with E-state index in [0.29, 0.717) is 6.54 Å². The van der Waals surface area contributed by atoms with Crippen molar-refractivity contribution in [3.8, 4) is 0 Å². The Morgan fingerprint density at radius 3 is 2.31 bits per heavy atom. The summed E-state index contributed by atoms with van der Waals surface area (Å²) in [4.78, 5) is 22.0. The van der Waals surface area contributed by atoms with Crippen LogP contribution in [0.1, 0.15) is 27.7 Å². The van der Waals surface area contributed by atoms with Crippen LogP contribution in [0.5, 0.6) is 0 Å². The quantitative estimate of drug-likeness (QED) is 0.622. The van der Waals surface area contributed by atoms with Crippen LogP contribution >= 0.6 is 0 Å². The SMILES string of the molecule is CC(C)=CCNC(=O)NC(C)C(C)C(=O)O. The van der Waals surface area contributed by atoms with Crippen molar-refractivity contribution in [2.24, 2.45) is 5.92 Å². The fourth-order valence-corrected chi connectivity index (χ4v) is 0.945. The van der Waals surface area contributed by atoms with Crippen LogP contribution in [-0.4, -0.2) is 29.7 Å². The van der Waals surface area contributed by atoms with E-state index in [-0.39, 0.29) is 6.03 Å². The number of urea groups is 1. The third kappa shape index (κ3) is 6.06. The number of carbonyl (C=O) groups is 2. The van der Waals surface area contributed by atoms with Gasteiger partial charge in [-0.3, -0.25) is 4.79 Å². The maximum atomic E-state index is 11.3. The van der Waals surface area contributed by atoms with Gasteiger partial charge in [-0.2, -0.15) is 0 Å². The molecule has 0 spiro atoms. The molecule has 0 aliphatic rings. The smallest absolute Gasteiger partial charge is 0.315 e. The maximum absolute atomic E-state index is 11.3. The molecule has 0 heterocycles. The first kappa shape index (κ1) is 14.5. The zero-order valence-electron chi connectivity index (χ0n) is 10.2. The van der Waals surface area contributed by atoms with Crippen LogP contribution in [-0.2, 0) is 4.79 Å². The minimum absolute atomic E-state index is 0.349. The molecule has 0 radical (unpaired) electrons. The van der Waals surface area contributed by atoms with Crippen LogP contribution in [0.3, 0.4) is 0 Å². The number of aliphatic carboxylic acids is 1. The van der Waals surface area contributed by atoms with Crippen molar-refractivity contribution in [3.63, 3.8) is 0 Å². The Bertz CT molecular complexity index is 283. The second kappa shape index (κ2) is 6.87. The van der Waals surface area contributed by atoms with Crippen LogP contribution in [0.4, 0.5) is 4.79 Å². The van der Waals surface area contributed by atoms with E-state index >= 15 is 0 Å². The molecule has 0 saturated heterocycles. The van der Waals surface area contributed by atoms with E-state index in [2.05, 4.69) is 10.6 Å². The third-order valence-corrected chi connectivity index (χ3v) is 2.27. The van der Waals surface area contributed by atoms with E-state index < -0.39 is 17.9 Å². The molecule has 0 bridgehead atoms. The lowest BCUT2D eigenvalue weighted by Crippen LogP contribution is -2.45. The zero-order chi connectivity index (χ0) is 12.7. The van der Waals surface area contributed by atoms with Crippen molar-refractivity contribution in [3.05, 3.63) is 11.6 Å². The Kier molecular flexibility index (Phi) is 6.22. The van der Waals surface area contributed by atoms with E-state index in [1.165, 1.54) is 0 Å². The van der Waals surface area contributed by atoms with Gasteiger partial charge in [0.05, 0.1) is 5.92 Å².